The highest BCUT2D eigenvalue weighted by Gasteiger charge is 2.19. The summed E-state index contributed by atoms with van der Waals surface area (Å²) in [5.74, 6) is -0.894. The molecule has 6 heteroatoms. The molecule has 0 N–H and O–H groups in total. The Morgan fingerprint density at radius 3 is 0.871 bits per heavy atom. The van der Waals surface area contributed by atoms with Gasteiger partial charge in [0.2, 0.25) is 0 Å². The zero-order chi connectivity index (χ0) is 50.7. The fourth-order valence-corrected chi connectivity index (χ4v) is 8.62. The summed E-state index contributed by atoms with van der Waals surface area (Å²) in [5.41, 5.74) is 0. The predicted molar refractivity (Wildman–Crippen MR) is 302 cm³/mol. The van der Waals surface area contributed by atoms with E-state index in [1.54, 1.807) is 0 Å². The maximum absolute atomic E-state index is 12.9. The fourth-order valence-electron chi connectivity index (χ4n) is 8.62. The first kappa shape index (κ1) is 67.1. The Balaban J connectivity index is 4.35. The number of carbonyl (C=O) groups excluding carboxylic acids is 3. The molecular weight excluding hydrogens is 865 g/mol. The van der Waals surface area contributed by atoms with E-state index in [1.807, 2.05) is 0 Å². The predicted octanol–water partition coefficient (Wildman–Crippen LogP) is 20.4. The van der Waals surface area contributed by atoms with E-state index in [2.05, 4.69) is 81.5 Å². The van der Waals surface area contributed by atoms with Gasteiger partial charge in [0.15, 0.2) is 6.10 Å². The fraction of sp³-hybridized carbons (Fsp3) is 0.797. The molecule has 70 heavy (non-hydrogen) atoms. The molecule has 406 valence electrons. The molecule has 0 aromatic heterocycles. The first-order chi connectivity index (χ1) is 34.5. The molecule has 0 spiro atoms. The summed E-state index contributed by atoms with van der Waals surface area (Å²) in [6, 6.07) is 0. The number of ether oxygens (including phenoxy) is 3. The number of allylic oxidation sites excluding steroid dienone is 10. The van der Waals surface area contributed by atoms with Crippen LogP contribution in [-0.4, -0.2) is 37.2 Å². The van der Waals surface area contributed by atoms with E-state index in [0.29, 0.717) is 19.3 Å². The Morgan fingerprint density at radius 1 is 0.286 bits per heavy atom. The molecule has 0 aliphatic carbocycles. The topological polar surface area (TPSA) is 78.9 Å². The molecule has 0 aliphatic heterocycles. The SMILES string of the molecule is CCC/C=C\C/C=C\CCCCCCCC(=O)OCC(COC(=O)CCCCCCCCCCC/C=C\CCCCCCCCCC)OC(=O)CCCCCCCCC/C=C\C/C=C\CCCCCC. The minimum absolute atomic E-state index is 0.0820. The monoisotopic (exact) mass is 979 g/mol. The highest BCUT2D eigenvalue weighted by molar-refractivity contribution is 5.71. The second kappa shape index (κ2) is 58.7. The van der Waals surface area contributed by atoms with E-state index < -0.39 is 6.10 Å². The lowest BCUT2D eigenvalue weighted by atomic mass is 10.1. The molecule has 0 amide bonds. The van der Waals surface area contributed by atoms with E-state index in [-0.39, 0.29) is 31.1 Å². The number of hydrogen-bond acceptors (Lipinski definition) is 6. The summed E-state index contributed by atoms with van der Waals surface area (Å²) >= 11 is 0. The molecule has 0 aromatic carbocycles. The second-order valence-electron chi connectivity index (χ2n) is 20.2. The van der Waals surface area contributed by atoms with Crippen LogP contribution in [0.25, 0.3) is 0 Å². The Bertz CT molecular complexity index is 1260. The first-order valence-electron chi connectivity index (χ1n) is 30.3. The van der Waals surface area contributed by atoms with Crippen LogP contribution < -0.4 is 0 Å². The van der Waals surface area contributed by atoms with Crippen LogP contribution in [0.1, 0.15) is 310 Å². The van der Waals surface area contributed by atoms with E-state index in [4.69, 9.17) is 14.2 Å². The standard InChI is InChI=1S/C64H114O6/c1-4-7-10-13-16-19-22-25-27-29-31-32-33-35-36-39-42-45-48-51-54-57-63(66)69-60-61(59-68-62(65)56-53-50-47-44-41-38-24-21-18-15-12-9-6-3)70-64(67)58-55-52-49-46-43-40-37-34-30-28-26-23-20-17-14-11-8-5-2/h12,15,20-21,23-24,28-31,61H,4-11,13-14,16-19,22,25-27,32-60H2,1-3H3/b15-12-,23-20-,24-21-,30-28-,31-29-. The van der Waals surface area contributed by atoms with Gasteiger partial charge >= 0.3 is 17.9 Å². The van der Waals surface area contributed by atoms with Gasteiger partial charge in [0.25, 0.3) is 0 Å². The Morgan fingerprint density at radius 2 is 0.543 bits per heavy atom. The van der Waals surface area contributed by atoms with Crippen LogP contribution >= 0.6 is 0 Å². The van der Waals surface area contributed by atoms with E-state index in [9.17, 15) is 14.4 Å². The number of rotatable bonds is 55. The van der Waals surface area contributed by atoms with Gasteiger partial charge in [0.1, 0.15) is 13.2 Å². The van der Waals surface area contributed by atoms with Crippen molar-refractivity contribution in [1.29, 1.82) is 0 Å². The summed E-state index contributed by atoms with van der Waals surface area (Å²) in [6.45, 7) is 6.57. The number of carbonyl (C=O) groups is 3. The first-order valence-corrected chi connectivity index (χ1v) is 30.3. The van der Waals surface area contributed by atoms with Crippen molar-refractivity contribution in [2.45, 2.75) is 316 Å². The average Bonchev–Trinajstić information content (AvgIpc) is 3.36. The Kier molecular flexibility index (Phi) is 56.3. The molecule has 0 heterocycles. The van der Waals surface area contributed by atoms with Gasteiger partial charge in [0.05, 0.1) is 0 Å². The smallest absolute Gasteiger partial charge is 0.306 e. The summed E-state index contributed by atoms with van der Waals surface area (Å²) in [6.07, 6.45) is 73.6. The Labute approximate surface area is 434 Å². The van der Waals surface area contributed by atoms with Crippen molar-refractivity contribution in [3.8, 4) is 0 Å². The molecule has 1 atom stereocenters. The second-order valence-corrected chi connectivity index (χ2v) is 20.2. The van der Waals surface area contributed by atoms with Gasteiger partial charge in [-0.1, -0.05) is 248 Å². The normalized spacial score (nSPS) is 12.4. The van der Waals surface area contributed by atoms with Gasteiger partial charge in [-0.05, 0) is 103 Å². The van der Waals surface area contributed by atoms with Gasteiger partial charge in [-0.15, -0.1) is 0 Å². The zero-order valence-electron chi connectivity index (χ0n) is 46.5. The van der Waals surface area contributed by atoms with Crippen LogP contribution in [0.4, 0.5) is 0 Å². The molecule has 0 saturated heterocycles. The number of hydrogen-bond donors (Lipinski definition) is 0. The summed E-state index contributed by atoms with van der Waals surface area (Å²) in [4.78, 5) is 38.2. The van der Waals surface area contributed by atoms with Gasteiger partial charge in [-0.3, -0.25) is 14.4 Å². The highest BCUT2D eigenvalue weighted by atomic mass is 16.6. The van der Waals surface area contributed by atoms with E-state index in [1.165, 1.54) is 173 Å². The van der Waals surface area contributed by atoms with E-state index >= 15 is 0 Å². The average molecular weight is 980 g/mol. The maximum Gasteiger partial charge on any atom is 0.306 e. The number of unbranched alkanes of at least 4 members (excludes halogenated alkanes) is 34. The largest absolute Gasteiger partial charge is 0.462 e. The van der Waals surface area contributed by atoms with Crippen LogP contribution in [0.15, 0.2) is 60.8 Å². The molecule has 0 bridgehead atoms. The van der Waals surface area contributed by atoms with Crippen molar-refractivity contribution in [2.24, 2.45) is 0 Å². The van der Waals surface area contributed by atoms with Crippen LogP contribution in [0.5, 0.6) is 0 Å². The third-order valence-corrected chi connectivity index (χ3v) is 13.2. The molecule has 0 fully saturated rings. The Hall–Kier alpha value is -2.89. The number of esters is 3. The van der Waals surface area contributed by atoms with Crippen LogP contribution in [0.2, 0.25) is 0 Å². The van der Waals surface area contributed by atoms with Crippen molar-refractivity contribution < 1.29 is 28.6 Å². The van der Waals surface area contributed by atoms with Gasteiger partial charge in [-0.2, -0.15) is 0 Å². The molecule has 0 saturated carbocycles. The molecular formula is C64H114O6. The summed E-state index contributed by atoms with van der Waals surface area (Å²) in [7, 11) is 0. The summed E-state index contributed by atoms with van der Waals surface area (Å²) in [5, 5.41) is 0. The summed E-state index contributed by atoms with van der Waals surface area (Å²) < 4.78 is 16.9. The lowest BCUT2D eigenvalue weighted by Crippen LogP contribution is -2.30. The van der Waals surface area contributed by atoms with Crippen molar-refractivity contribution in [3.63, 3.8) is 0 Å². The third kappa shape index (κ3) is 56.0. The third-order valence-electron chi connectivity index (χ3n) is 13.2. The lowest BCUT2D eigenvalue weighted by molar-refractivity contribution is -0.167. The highest BCUT2D eigenvalue weighted by Crippen LogP contribution is 2.16. The minimum Gasteiger partial charge on any atom is -0.462 e. The van der Waals surface area contributed by atoms with Gasteiger partial charge in [0, 0.05) is 19.3 Å². The molecule has 1 unspecified atom stereocenters. The molecule has 0 aliphatic rings. The van der Waals surface area contributed by atoms with Crippen LogP contribution in [-0.2, 0) is 28.6 Å². The van der Waals surface area contributed by atoms with Crippen molar-refractivity contribution in [2.75, 3.05) is 13.2 Å². The maximum atomic E-state index is 12.9. The quantitative estimate of drug-likeness (QED) is 0.0261. The molecule has 0 aromatic rings. The zero-order valence-corrected chi connectivity index (χ0v) is 46.5. The molecule has 0 radical (unpaired) electrons. The van der Waals surface area contributed by atoms with Crippen LogP contribution in [0.3, 0.4) is 0 Å². The van der Waals surface area contributed by atoms with Gasteiger partial charge < -0.3 is 14.2 Å². The van der Waals surface area contributed by atoms with Crippen molar-refractivity contribution in [1.82, 2.24) is 0 Å². The minimum atomic E-state index is -0.785. The molecule has 6 nitrogen and oxygen atoms in total. The van der Waals surface area contributed by atoms with Crippen molar-refractivity contribution >= 4 is 17.9 Å². The van der Waals surface area contributed by atoms with E-state index in [0.717, 1.165) is 96.3 Å². The lowest BCUT2D eigenvalue weighted by Gasteiger charge is -2.18. The molecule has 0 rings (SSSR count). The van der Waals surface area contributed by atoms with Gasteiger partial charge in [-0.25, -0.2) is 0 Å². The van der Waals surface area contributed by atoms with Crippen LogP contribution in [0, 0.1) is 0 Å². The van der Waals surface area contributed by atoms with Crippen molar-refractivity contribution in [3.05, 3.63) is 60.8 Å².